The number of halogens is 3. The van der Waals surface area contributed by atoms with Crippen molar-refractivity contribution < 1.29 is 23.2 Å². The molecule has 0 aliphatic carbocycles. The molecule has 17 heavy (non-hydrogen) atoms. The van der Waals surface area contributed by atoms with E-state index >= 15 is 0 Å². The minimum Gasteiger partial charge on any atom is -0.409 e. The Morgan fingerprint density at radius 1 is 1.41 bits per heavy atom. The average Bonchev–Trinajstić information content (AvgIpc) is 2.21. The van der Waals surface area contributed by atoms with Crippen molar-refractivity contribution in [1.29, 1.82) is 0 Å². The molecule has 0 radical (unpaired) electrons. The molecule has 0 saturated heterocycles. The lowest BCUT2D eigenvalue weighted by molar-refractivity contribution is -0.165. The first-order valence-electron chi connectivity index (χ1n) is 4.94. The summed E-state index contributed by atoms with van der Waals surface area (Å²) in [5.74, 6) is -2.33. The smallest absolute Gasteiger partial charge is 0.406 e. The van der Waals surface area contributed by atoms with Crippen molar-refractivity contribution in [1.82, 2.24) is 4.90 Å². The maximum Gasteiger partial charge on any atom is 0.406 e. The van der Waals surface area contributed by atoms with E-state index in [9.17, 15) is 18.0 Å². The molecule has 1 amide bonds. The zero-order valence-corrected chi connectivity index (χ0v) is 9.82. The molecule has 0 fully saturated rings. The second-order valence-corrected chi connectivity index (χ2v) is 3.92. The summed E-state index contributed by atoms with van der Waals surface area (Å²) >= 11 is 0. The molecule has 0 saturated carbocycles. The van der Waals surface area contributed by atoms with Crippen molar-refractivity contribution in [2.45, 2.75) is 33.0 Å². The van der Waals surface area contributed by atoms with Crippen LogP contribution in [0.4, 0.5) is 13.2 Å². The maximum absolute atomic E-state index is 12.3. The molecule has 0 bridgehead atoms. The molecule has 1 atom stereocenters. The molecule has 0 spiro atoms. The van der Waals surface area contributed by atoms with E-state index in [0.29, 0.717) is 4.90 Å². The van der Waals surface area contributed by atoms with Crippen LogP contribution in [-0.2, 0) is 4.79 Å². The third kappa shape index (κ3) is 4.92. The molecule has 0 aliphatic heterocycles. The highest BCUT2D eigenvalue weighted by molar-refractivity contribution is 6.01. The number of carbonyl (C=O) groups excluding carboxylic acids is 1. The Hall–Kier alpha value is -1.47. The summed E-state index contributed by atoms with van der Waals surface area (Å²) in [7, 11) is 0. The third-order valence-electron chi connectivity index (χ3n) is 2.19. The van der Waals surface area contributed by atoms with Crippen LogP contribution in [0.2, 0.25) is 0 Å². The molecular formula is C9H16F3N3O2. The highest BCUT2D eigenvalue weighted by atomic mass is 19.4. The fourth-order valence-electron chi connectivity index (χ4n) is 1.17. The SMILES string of the molecule is CC(C(=O)N(CC(F)(F)F)C(C)C)C(N)=NO. The van der Waals surface area contributed by atoms with Gasteiger partial charge in [-0.1, -0.05) is 5.16 Å². The second kappa shape index (κ2) is 5.74. The van der Waals surface area contributed by atoms with Crippen molar-refractivity contribution in [2.24, 2.45) is 16.8 Å². The quantitative estimate of drug-likeness (QED) is 0.342. The third-order valence-corrected chi connectivity index (χ3v) is 2.19. The van der Waals surface area contributed by atoms with Crippen molar-refractivity contribution in [3.63, 3.8) is 0 Å². The number of alkyl halides is 3. The number of carbonyl (C=O) groups is 1. The van der Waals surface area contributed by atoms with E-state index in [1.807, 2.05) is 0 Å². The first-order valence-corrected chi connectivity index (χ1v) is 4.94. The Labute approximate surface area is 97.1 Å². The highest BCUT2D eigenvalue weighted by Gasteiger charge is 2.36. The van der Waals surface area contributed by atoms with Gasteiger partial charge in [-0.25, -0.2) is 0 Å². The lowest BCUT2D eigenvalue weighted by Gasteiger charge is -2.29. The largest absolute Gasteiger partial charge is 0.409 e. The van der Waals surface area contributed by atoms with Crippen molar-refractivity contribution in [2.75, 3.05) is 6.54 Å². The molecule has 1 unspecified atom stereocenters. The Balaban J connectivity index is 4.90. The number of oxime groups is 1. The Morgan fingerprint density at radius 3 is 2.18 bits per heavy atom. The standard InChI is InChI=1S/C9H16F3N3O2/c1-5(2)15(4-9(10,11)12)8(16)6(3)7(13)14-17/h5-6,17H,4H2,1-3H3,(H2,13,14). The number of nitrogens with two attached hydrogens (primary N) is 1. The Morgan fingerprint density at radius 2 is 1.88 bits per heavy atom. The topological polar surface area (TPSA) is 78.9 Å². The van der Waals surface area contributed by atoms with Gasteiger partial charge < -0.3 is 15.8 Å². The first kappa shape index (κ1) is 15.5. The van der Waals surface area contributed by atoms with Crippen LogP contribution in [-0.4, -0.2) is 40.6 Å². The van der Waals surface area contributed by atoms with Gasteiger partial charge in [-0.3, -0.25) is 4.79 Å². The van der Waals surface area contributed by atoms with Gasteiger partial charge in [0, 0.05) is 6.04 Å². The fourth-order valence-corrected chi connectivity index (χ4v) is 1.17. The lowest BCUT2D eigenvalue weighted by Crippen LogP contribution is -2.48. The van der Waals surface area contributed by atoms with Gasteiger partial charge in [0.15, 0.2) is 5.84 Å². The molecule has 0 aromatic rings. The molecular weight excluding hydrogens is 239 g/mol. The molecule has 5 nitrogen and oxygen atoms in total. The number of nitrogens with zero attached hydrogens (tertiary/aromatic N) is 2. The normalized spacial score (nSPS) is 14.9. The van der Waals surface area contributed by atoms with Crippen LogP contribution < -0.4 is 5.73 Å². The van der Waals surface area contributed by atoms with E-state index in [2.05, 4.69) is 5.16 Å². The molecule has 0 aliphatic rings. The number of amidine groups is 1. The van der Waals surface area contributed by atoms with Gasteiger partial charge in [-0.05, 0) is 20.8 Å². The van der Waals surface area contributed by atoms with Crippen molar-refractivity contribution >= 4 is 11.7 Å². The highest BCUT2D eigenvalue weighted by Crippen LogP contribution is 2.19. The summed E-state index contributed by atoms with van der Waals surface area (Å²) in [6, 6.07) is -0.627. The minimum atomic E-state index is -4.48. The molecule has 0 aromatic carbocycles. The van der Waals surface area contributed by atoms with Crippen LogP contribution in [0.25, 0.3) is 0 Å². The van der Waals surface area contributed by atoms with Crippen LogP contribution in [0.3, 0.4) is 0 Å². The van der Waals surface area contributed by atoms with Crippen molar-refractivity contribution in [3.05, 3.63) is 0 Å². The monoisotopic (exact) mass is 255 g/mol. The summed E-state index contributed by atoms with van der Waals surface area (Å²) < 4.78 is 36.8. The van der Waals surface area contributed by atoms with Gasteiger partial charge in [0.25, 0.3) is 0 Å². The molecule has 100 valence electrons. The van der Waals surface area contributed by atoms with Crippen LogP contribution in [0.5, 0.6) is 0 Å². The van der Waals surface area contributed by atoms with Gasteiger partial charge in [0.1, 0.15) is 6.54 Å². The van der Waals surface area contributed by atoms with Crippen molar-refractivity contribution in [3.8, 4) is 0 Å². The van der Waals surface area contributed by atoms with E-state index in [0.717, 1.165) is 0 Å². The summed E-state index contributed by atoms with van der Waals surface area (Å²) in [5, 5.41) is 11.0. The van der Waals surface area contributed by atoms with Crippen LogP contribution in [0, 0.1) is 5.92 Å². The number of hydrogen-bond donors (Lipinski definition) is 2. The van der Waals surface area contributed by atoms with E-state index in [1.165, 1.54) is 20.8 Å². The minimum absolute atomic E-state index is 0.414. The summed E-state index contributed by atoms with van der Waals surface area (Å²) in [6.45, 7) is 2.85. The second-order valence-electron chi connectivity index (χ2n) is 3.92. The van der Waals surface area contributed by atoms with Gasteiger partial charge in [-0.2, -0.15) is 13.2 Å². The van der Waals surface area contributed by atoms with Gasteiger partial charge in [-0.15, -0.1) is 0 Å². The lowest BCUT2D eigenvalue weighted by atomic mass is 10.1. The van der Waals surface area contributed by atoms with Gasteiger partial charge in [0.2, 0.25) is 5.91 Å². The van der Waals surface area contributed by atoms with E-state index < -0.39 is 36.4 Å². The first-order chi connectivity index (χ1) is 7.60. The molecule has 3 N–H and O–H groups in total. The van der Waals surface area contributed by atoms with E-state index in [-0.39, 0.29) is 0 Å². The van der Waals surface area contributed by atoms with Crippen LogP contribution in [0.1, 0.15) is 20.8 Å². The van der Waals surface area contributed by atoms with Gasteiger partial charge >= 0.3 is 6.18 Å². The predicted octanol–water partition coefficient (Wildman–Crippen LogP) is 1.17. The predicted molar refractivity (Wildman–Crippen MR) is 55.5 cm³/mol. The maximum atomic E-state index is 12.3. The molecule has 0 aromatic heterocycles. The van der Waals surface area contributed by atoms with E-state index in [4.69, 9.17) is 10.9 Å². The Kier molecular flexibility index (Phi) is 5.24. The van der Waals surface area contributed by atoms with Gasteiger partial charge in [0.05, 0.1) is 5.92 Å². The number of hydrogen-bond acceptors (Lipinski definition) is 3. The zero-order valence-electron chi connectivity index (χ0n) is 9.82. The number of rotatable bonds is 4. The number of amides is 1. The average molecular weight is 255 g/mol. The molecule has 0 rings (SSSR count). The van der Waals surface area contributed by atoms with Crippen LogP contribution >= 0.6 is 0 Å². The fraction of sp³-hybridized carbons (Fsp3) is 0.778. The zero-order chi connectivity index (χ0) is 13.8. The molecule has 8 heteroatoms. The summed E-state index contributed by atoms with van der Waals surface area (Å²) in [5.41, 5.74) is 5.19. The Bertz CT molecular complexity index is 302. The summed E-state index contributed by atoms with van der Waals surface area (Å²) in [4.78, 5) is 12.4. The summed E-state index contributed by atoms with van der Waals surface area (Å²) in [6.07, 6.45) is -4.48. The van der Waals surface area contributed by atoms with E-state index in [1.54, 1.807) is 0 Å². The van der Waals surface area contributed by atoms with Crippen LogP contribution in [0.15, 0.2) is 5.16 Å². The molecule has 0 heterocycles.